The van der Waals surface area contributed by atoms with Crippen LogP contribution >= 0.6 is 11.3 Å². The molecule has 0 N–H and O–H groups in total. The van der Waals surface area contributed by atoms with Crippen molar-refractivity contribution in [2.24, 2.45) is 0 Å². The molecule has 3 heterocycles. The standard InChI is InChI=1S/C10H6N2S/c1-3-11-6-8-9(1)12-5-7-2-4-13-10(7)8/h1-6H. The zero-order valence-electron chi connectivity index (χ0n) is 6.77. The Bertz CT molecular complexity index is 571. The van der Waals surface area contributed by atoms with Crippen molar-refractivity contribution in [3.8, 4) is 0 Å². The molecule has 0 aromatic carbocycles. The van der Waals surface area contributed by atoms with Crippen molar-refractivity contribution in [1.82, 2.24) is 9.97 Å². The van der Waals surface area contributed by atoms with Crippen molar-refractivity contribution < 1.29 is 0 Å². The van der Waals surface area contributed by atoms with Gasteiger partial charge < -0.3 is 0 Å². The van der Waals surface area contributed by atoms with E-state index in [-0.39, 0.29) is 0 Å². The van der Waals surface area contributed by atoms with Gasteiger partial charge >= 0.3 is 0 Å². The van der Waals surface area contributed by atoms with Crippen LogP contribution in [0.2, 0.25) is 0 Å². The lowest BCUT2D eigenvalue weighted by atomic mass is 10.2. The molecule has 0 aliphatic rings. The number of fused-ring (bicyclic) bond motifs is 3. The van der Waals surface area contributed by atoms with E-state index in [0.29, 0.717) is 0 Å². The summed E-state index contributed by atoms with van der Waals surface area (Å²) in [7, 11) is 0. The second kappa shape index (κ2) is 2.50. The average Bonchev–Trinajstić information content (AvgIpc) is 2.65. The van der Waals surface area contributed by atoms with E-state index in [0.717, 1.165) is 10.9 Å². The van der Waals surface area contributed by atoms with Crippen LogP contribution in [0.5, 0.6) is 0 Å². The van der Waals surface area contributed by atoms with E-state index in [1.807, 2.05) is 18.5 Å². The third-order valence-electron chi connectivity index (χ3n) is 2.08. The van der Waals surface area contributed by atoms with Crippen LogP contribution in [-0.4, -0.2) is 9.97 Å². The number of nitrogens with zero attached hydrogens (tertiary/aromatic N) is 2. The second-order valence-corrected chi connectivity index (χ2v) is 3.77. The summed E-state index contributed by atoms with van der Waals surface area (Å²) in [6, 6.07) is 4.02. The minimum atomic E-state index is 1.02. The van der Waals surface area contributed by atoms with Crippen LogP contribution in [0.3, 0.4) is 0 Å². The molecule has 2 nitrogen and oxygen atoms in total. The summed E-state index contributed by atoms with van der Waals surface area (Å²) in [6.07, 6.45) is 5.56. The maximum atomic E-state index is 4.35. The summed E-state index contributed by atoms with van der Waals surface area (Å²) in [5, 5.41) is 4.43. The van der Waals surface area contributed by atoms with Crippen molar-refractivity contribution in [2.45, 2.75) is 0 Å². The van der Waals surface area contributed by atoms with Gasteiger partial charge in [0.25, 0.3) is 0 Å². The SMILES string of the molecule is c1cc2ncc3ccsc3c2cn1. The predicted octanol–water partition coefficient (Wildman–Crippen LogP) is 2.84. The molecule has 0 saturated heterocycles. The highest BCUT2D eigenvalue weighted by atomic mass is 32.1. The van der Waals surface area contributed by atoms with Gasteiger partial charge in [-0.2, -0.15) is 0 Å². The van der Waals surface area contributed by atoms with Crippen LogP contribution in [0.15, 0.2) is 36.1 Å². The fourth-order valence-corrected chi connectivity index (χ4v) is 2.35. The molecule has 3 aromatic rings. The van der Waals surface area contributed by atoms with Crippen molar-refractivity contribution in [2.75, 3.05) is 0 Å². The topological polar surface area (TPSA) is 25.8 Å². The minimum Gasteiger partial charge on any atom is -0.264 e. The van der Waals surface area contributed by atoms with E-state index in [2.05, 4.69) is 21.4 Å². The Hall–Kier alpha value is -1.48. The molecule has 0 aliphatic carbocycles. The first-order valence-corrected chi connectivity index (χ1v) is 4.89. The van der Waals surface area contributed by atoms with Gasteiger partial charge in [-0.15, -0.1) is 11.3 Å². The fourth-order valence-electron chi connectivity index (χ4n) is 1.45. The lowest BCUT2D eigenvalue weighted by Crippen LogP contribution is -1.78. The van der Waals surface area contributed by atoms with Gasteiger partial charge in [-0.05, 0) is 17.5 Å². The smallest absolute Gasteiger partial charge is 0.0747 e. The third-order valence-corrected chi connectivity index (χ3v) is 3.04. The summed E-state index contributed by atoms with van der Waals surface area (Å²) in [4.78, 5) is 8.46. The summed E-state index contributed by atoms with van der Waals surface area (Å²) in [6.45, 7) is 0. The molecule has 0 bridgehead atoms. The highest BCUT2D eigenvalue weighted by Crippen LogP contribution is 2.26. The summed E-state index contributed by atoms with van der Waals surface area (Å²) in [5.74, 6) is 0. The molecule has 3 heteroatoms. The lowest BCUT2D eigenvalue weighted by Gasteiger charge is -1.95. The van der Waals surface area contributed by atoms with Crippen LogP contribution in [0.25, 0.3) is 21.0 Å². The predicted molar refractivity (Wildman–Crippen MR) is 54.9 cm³/mol. The van der Waals surface area contributed by atoms with Crippen LogP contribution in [0, 0.1) is 0 Å². The normalized spacial score (nSPS) is 11.1. The summed E-state index contributed by atoms with van der Waals surface area (Å²) in [5.41, 5.74) is 1.02. The Morgan fingerprint density at radius 3 is 3.15 bits per heavy atom. The largest absolute Gasteiger partial charge is 0.264 e. The average molecular weight is 186 g/mol. The van der Waals surface area contributed by atoms with E-state index in [1.54, 1.807) is 17.5 Å². The molecule has 0 atom stereocenters. The van der Waals surface area contributed by atoms with Crippen molar-refractivity contribution in [3.63, 3.8) is 0 Å². The Balaban J connectivity index is 2.65. The molecule has 62 valence electrons. The Kier molecular flexibility index (Phi) is 1.34. The third kappa shape index (κ3) is 0.939. The zero-order chi connectivity index (χ0) is 8.67. The van der Waals surface area contributed by atoms with Gasteiger partial charge in [0.1, 0.15) is 0 Å². The van der Waals surface area contributed by atoms with E-state index < -0.39 is 0 Å². The number of thiophene rings is 1. The molecule has 0 aliphatic heterocycles. The number of rotatable bonds is 0. The molecular weight excluding hydrogens is 180 g/mol. The molecule has 3 aromatic heterocycles. The van der Waals surface area contributed by atoms with E-state index in [1.165, 1.54) is 10.1 Å². The first-order chi connectivity index (χ1) is 6.45. The molecule has 0 amide bonds. The molecule has 0 spiro atoms. The second-order valence-electron chi connectivity index (χ2n) is 2.86. The quantitative estimate of drug-likeness (QED) is 0.539. The molecule has 0 fully saturated rings. The van der Waals surface area contributed by atoms with Crippen molar-refractivity contribution >= 4 is 32.3 Å². The highest BCUT2D eigenvalue weighted by molar-refractivity contribution is 7.18. The molecular formula is C10H6N2S. The van der Waals surface area contributed by atoms with Crippen LogP contribution in [-0.2, 0) is 0 Å². The number of aromatic nitrogens is 2. The maximum Gasteiger partial charge on any atom is 0.0747 e. The van der Waals surface area contributed by atoms with Gasteiger partial charge in [0.05, 0.1) is 5.52 Å². The monoisotopic (exact) mass is 186 g/mol. The molecule has 0 saturated carbocycles. The number of hydrogen-bond donors (Lipinski definition) is 0. The van der Waals surface area contributed by atoms with Crippen molar-refractivity contribution in [3.05, 3.63) is 36.1 Å². The molecule has 13 heavy (non-hydrogen) atoms. The zero-order valence-corrected chi connectivity index (χ0v) is 7.58. The minimum absolute atomic E-state index is 1.02. The van der Waals surface area contributed by atoms with Crippen LogP contribution < -0.4 is 0 Å². The molecule has 0 radical (unpaired) electrons. The molecule has 3 rings (SSSR count). The van der Waals surface area contributed by atoms with Gasteiger partial charge in [-0.1, -0.05) is 0 Å². The van der Waals surface area contributed by atoms with Gasteiger partial charge in [0.15, 0.2) is 0 Å². The highest BCUT2D eigenvalue weighted by Gasteiger charge is 2.01. The van der Waals surface area contributed by atoms with Gasteiger partial charge in [-0.3, -0.25) is 9.97 Å². The summed E-state index contributed by atoms with van der Waals surface area (Å²) < 4.78 is 1.28. The van der Waals surface area contributed by atoms with Gasteiger partial charge in [0.2, 0.25) is 0 Å². The van der Waals surface area contributed by atoms with Gasteiger partial charge in [-0.25, -0.2) is 0 Å². The first-order valence-electron chi connectivity index (χ1n) is 4.01. The Labute approximate surface area is 78.9 Å². The maximum absolute atomic E-state index is 4.35. The number of hydrogen-bond acceptors (Lipinski definition) is 3. The molecule has 0 unspecified atom stereocenters. The van der Waals surface area contributed by atoms with Crippen LogP contribution in [0.4, 0.5) is 0 Å². The van der Waals surface area contributed by atoms with Crippen LogP contribution in [0.1, 0.15) is 0 Å². The van der Waals surface area contributed by atoms with E-state index in [4.69, 9.17) is 0 Å². The van der Waals surface area contributed by atoms with Crippen molar-refractivity contribution in [1.29, 1.82) is 0 Å². The van der Waals surface area contributed by atoms with Gasteiger partial charge in [0, 0.05) is 34.1 Å². The Morgan fingerprint density at radius 1 is 1.15 bits per heavy atom. The Morgan fingerprint density at radius 2 is 2.15 bits per heavy atom. The number of pyridine rings is 2. The summed E-state index contributed by atoms with van der Waals surface area (Å²) >= 11 is 1.74. The first kappa shape index (κ1) is 6.97. The lowest BCUT2D eigenvalue weighted by molar-refractivity contribution is 1.34. The van der Waals surface area contributed by atoms with E-state index in [9.17, 15) is 0 Å². The fraction of sp³-hybridized carbons (Fsp3) is 0. The van der Waals surface area contributed by atoms with E-state index >= 15 is 0 Å².